The van der Waals surface area contributed by atoms with E-state index in [-0.39, 0.29) is 11.7 Å². The molecule has 178 valence electrons. The van der Waals surface area contributed by atoms with Gasteiger partial charge in [0.1, 0.15) is 11.4 Å². The molecule has 4 rings (SSSR count). The number of anilines is 2. The SMILES string of the molecule is C/C=C(\N=CCC)c1ccnc(Nc2cc(O)c3[nH]c(C(=O)NCC4CCCCC4)cc3c2)n1. The monoisotopic (exact) mass is 460 g/mol. The topological polar surface area (TPSA) is 115 Å². The molecule has 2 aromatic heterocycles. The van der Waals surface area contributed by atoms with Crippen LogP contribution in [0.3, 0.4) is 0 Å². The fraction of sp³-hybridized carbons (Fsp3) is 0.385. The maximum absolute atomic E-state index is 12.7. The maximum Gasteiger partial charge on any atom is 0.267 e. The third-order valence-electron chi connectivity index (χ3n) is 6.09. The number of rotatable bonds is 8. The number of carbonyl (C=O) groups is 1. The zero-order valence-electron chi connectivity index (χ0n) is 19.8. The van der Waals surface area contributed by atoms with Crippen LogP contribution in [-0.2, 0) is 0 Å². The van der Waals surface area contributed by atoms with Crippen LogP contribution >= 0.6 is 0 Å². The average molecular weight is 461 g/mol. The number of aromatic amines is 1. The molecule has 8 nitrogen and oxygen atoms in total. The van der Waals surface area contributed by atoms with E-state index in [0.29, 0.717) is 41.0 Å². The zero-order chi connectivity index (χ0) is 23.9. The van der Waals surface area contributed by atoms with Gasteiger partial charge in [-0.3, -0.25) is 9.79 Å². The van der Waals surface area contributed by atoms with Gasteiger partial charge in [-0.15, -0.1) is 0 Å². The number of aromatic hydroxyl groups is 1. The standard InChI is InChI=1S/C26H32N6O2/c1-3-11-27-20(4-2)21-10-12-28-26(32-21)30-19-13-18-14-22(31-24(18)23(33)15-19)25(34)29-16-17-8-6-5-7-9-17/h4,10-15,17,31,33H,3,5-9,16H2,1-2H3,(H,29,34)(H,28,30,32)/b20-4-,27-11?. The molecule has 0 atom stereocenters. The average Bonchev–Trinajstić information content (AvgIpc) is 3.29. The predicted octanol–water partition coefficient (Wildman–Crippen LogP) is 5.56. The normalized spacial score (nSPS) is 15.2. The Labute approximate surface area is 199 Å². The molecule has 1 aliphatic carbocycles. The Balaban J connectivity index is 1.49. The summed E-state index contributed by atoms with van der Waals surface area (Å²) in [6.07, 6.45) is 12.4. The Kier molecular flexibility index (Phi) is 7.57. The summed E-state index contributed by atoms with van der Waals surface area (Å²) in [6, 6.07) is 7.00. The third-order valence-corrected chi connectivity index (χ3v) is 6.09. The van der Waals surface area contributed by atoms with E-state index in [1.807, 2.05) is 32.2 Å². The van der Waals surface area contributed by atoms with Gasteiger partial charge in [-0.25, -0.2) is 9.97 Å². The molecule has 0 radical (unpaired) electrons. The predicted molar refractivity (Wildman–Crippen MR) is 137 cm³/mol. The molecule has 0 spiro atoms. The molecular weight excluding hydrogens is 428 g/mol. The van der Waals surface area contributed by atoms with E-state index in [4.69, 9.17) is 0 Å². The summed E-state index contributed by atoms with van der Waals surface area (Å²) in [5.74, 6) is 0.837. The Morgan fingerprint density at radius 1 is 1.26 bits per heavy atom. The van der Waals surface area contributed by atoms with Gasteiger partial charge in [-0.2, -0.15) is 0 Å². The fourth-order valence-electron chi connectivity index (χ4n) is 4.31. The molecule has 1 fully saturated rings. The van der Waals surface area contributed by atoms with Gasteiger partial charge in [0.25, 0.3) is 5.91 Å². The lowest BCUT2D eigenvalue weighted by Crippen LogP contribution is -2.30. The molecule has 8 heteroatoms. The van der Waals surface area contributed by atoms with Gasteiger partial charge in [0, 0.05) is 36.1 Å². The molecule has 1 aromatic carbocycles. The van der Waals surface area contributed by atoms with Crippen molar-refractivity contribution in [1.29, 1.82) is 0 Å². The van der Waals surface area contributed by atoms with Gasteiger partial charge in [0.05, 0.1) is 16.9 Å². The summed E-state index contributed by atoms with van der Waals surface area (Å²) in [6.45, 7) is 4.63. The van der Waals surface area contributed by atoms with Crippen molar-refractivity contribution in [3.63, 3.8) is 0 Å². The Morgan fingerprint density at radius 2 is 2.09 bits per heavy atom. The van der Waals surface area contributed by atoms with E-state index in [1.54, 1.807) is 24.4 Å². The van der Waals surface area contributed by atoms with E-state index >= 15 is 0 Å². The summed E-state index contributed by atoms with van der Waals surface area (Å²) < 4.78 is 0. The Morgan fingerprint density at radius 3 is 2.85 bits per heavy atom. The smallest absolute Gasteiger partial charge is 0.267 e. The number of phenolic OH excluding ortho intramolecular Hbond substituents is 1. The molecule has 1 aliphatic rings. The summed E-state index contributed by atoms with van der Waals surface area (Å²) in [4.78, 5) is 29.0. The van der Waals surface area contributed by atoms with Crippen molar-refractivity contribution < 1.29 is 9.90 Å². The zero-order valence-corrected chi connectivity index (χ0v) is 19.8. The number of hydrogen-bond acceptors (Lipinski definition) is 6. The molecule has 4 N–H and O–H groups in total. The highest BCUT2D eigenvalue weighted by atomic mass is 16.3. The van der Waals surface area contributed by atoms with Crippen LogP contribution in [0.5, 0.6) is 5.75 Å². The van der Waals surface area contributed by atoms with Crippen molar-refractivity contribution >= 4 is 40.4 Å². The lowest BCUT2D eigenvalue weighted by molar-refractivity contribution is 0.0939. The second-order valence-electron chi connectivity index (χ2n) is 8.64. The number of nitrogens with one attached hydrogen (secondary N) is 3. The number of amides is 1. The van der Waals surface area contributed by atoms with Crippen LogP contribution in [0.1, 0.15) is 68.6 Å². The molecule has 0 aliphatic heterocycles. The van der Waals surface area contributed by atoms with Crippen molar-refractivity contribution in [2.24, 2.45) is 10.9 Å². The van der Waals surface area contributed by atoms with Gasteiger partial charge in [0.15, 0.2) is 0 Å². The molecule has 1 saturated carbocycles. The van der Waals surface area contributed by atoms with Gasteiger partial charge < -0.3 is 20.7 Å². The number of benzene rings is 1. The summed E-state index contributed by atoms with van der Waals surface area (Å²) in [7, 11) is 0. The van der Waals surface area contributed by atoms with Crippen molar-refractivity contribution in [3.05, 3.63) is 47.9 Å². The fourth-order valence-corrected chi connectivity index (χ4v) is 4.31. The van der Waals surface area contributed by atoms with Crippen LogP contribution in [-0.4, -0.2) is 38.7 Å². The second-order valence-corrected chi connectivity index (χ2v) is 8.64. The van der Waals surface area contributed by atoms with E-state index in [0.717, 1.165) is 17.5 Å². The number of carbonyl (C=O) groups excluding carboxylic acids is 1. The first-order valence-electron chi connectivity index (χ1n) is 12.0. The highest BCUT2D eigenvalue weighted by Gasteiger charge is 2.17. The van der Waals surface area contributed by atoms with E-state index in [9.17, 15) is 9.90 Å². The van der Waals surface area contributed by atoms with Gasteiger partial charge in [-0.1, -0.05) is 32.3 Å². The number of H-pyrrole nitrogens is 1. The minimum absolute atomic E-state index is 0.0455. The molecule has 34 heavy (non-hydrogen) atoms. The number of aromatic nitrogens is 3. The molecule has 3 aromatic rings. The summed E-state index contributed by atoms with van der Waals surface area (Å²) >= 11 is 0. The minimum Gasteiger partial charge on any atom is -0.506 e. The first kappa shape index (κ1) is 23.5. The minimum atomic E-state index is -0.154. The number of aliphatic imine (C=N–C) groups is 1. The molecular formula is C26H32N6O2. The molecule has 0 unspecified atom stereocenters. The number of fused-ring (bicyclic) bond motifs is 1. The number of nitrogens with zero attached hydrogens (tertiary/aromatic N) is 3. The summed E-state index contributed by atoms with van der Waals surface area (Å²) in [5, 5.41) is 17.5. The van der Waals surface area contributed by atoms with Gasteiger partial charge in [-0.05, 0) is 50.3 Å². The van der Waals surface area contributed by atoms with Crippen LogP contribution in [0.25, 0.3) is 16.6 Å². The second kappa shape index (κ2) is 11.0. The molecule has 0 saturated heterocycles. The highest BCUT2D eigenvalue weighted by molar-refractivity contribution is 6.00. The Hall–Kier alpha value is -3.68. The number of allylic oxidation sites excluding steroid dienone is 1. The van der Waals surface area contributed by atoms with Crippen molar-refractivity contribution in [2.45, 2.75) is 52.4 Å². The largest absolute Gasteiger partial charge is 0.506 e. The van der Waals surface area contributed by atoms with E-state index in [1.165, 1.54) is 32.1 Å². The summed E-state index contributed by atoms with van der Waals surface area (Å²) in [5.41, 5.74) is 3.04. The van der Waals surface area contributed by atoms with Gasteiger partial charge in [0.2, 0.25) is 5.95 Å². The lowest BCUT2D eigenvalue weighted by atomic mass is 9.89. The van der Waals surface area contributed by atoms with Gasteiger partial charge >= 0.3 is 0 Å². The lowest BCUT2D eigenvalue weighted by Gasteiger charge is -2.21. The van der Waals surface area contributed by atoms with Crippen molar-refractivity contribution in [1.82, 2.24) is 20.3 Å². The maximum atomic E-state index is 12.7. The molecule has 1 amide bonds. The van der Waals surface area contributed by atoms with Crippen LogP contribution in [0.2, 0.25) is 0 Å². The van der Waals surface area contributed by atoms with Crippen LogP contribution in [0.15, 0.2) is 41.5 Å². The molecule has 0 bridgehead atoms. The van der Waals surface area contributed by atoms with Crippen LogP contribution < -0.4 is 10.6 Å². The van der Waals surface area contributed by atoms with Crippen LogP contribution in [0.4, 0.5) is 11.6 Å². The quantitative estimate of drug-likeness (QED) is 0.329. The third kappa shape index (κ3) is 5.62. The van der Waals surface area contributed by atoms with E-state index < -0.39 is 0 Å². The number of hydrogen-bond donors (Lipinski definition) is 4. The van der Waals surface area contributed by atoms with Crippen LogP contribution in [0, 0.1) is 5.92 Å². The first-order chi connectivity index (χ1) is 16.6. The van der Waals surface area contributed by atoms with Crippen molar-refractivity contribution in [3.8, 4) is 5.75 Å². The van der Waals surface area contributed by atoms with E-state index in [2.05, 4.69) is 30.6 Å². The highest BCUT2D eigenvalue weighted by Crippen LogP contribution is 2.31. The Bertz CT molecular complexity index is 1210. The number of phenols is 1. The van der Waals surface area contributed by atoms with Crippen molar-refractivity contribution in [2.75, 3.05) is 11.9 Å². The first-order valence-corrected chi connectivity index (χ1v) is 12.0. The molecule has 2 heterocycles.